The molecule has 0 fully saturated rings. The summed E-state index contributed by atoms with van der Waals surface area (Å²) < 4.78 is 4.02. The van der Waals surface area contributed by atoms with Gasteiger partial charge < -0.3 is 10.3 Å². The van der Waals surface area contributed by atoms with Crippen molar-refractivity contribution >= 4 is 5.78 Å². The number of hydrogen-bond acceptors (Lipinski definition) is 3. The average Bonchev–Trinajstić information content (AvgIpc) is 2.95. The number of aryl methyl sites for hydroxylation is 1. The zero-order chi connectivity index (χ0) is 12.5. The Morgan fingerprint density at radius 2 is 2.22 bits per heavy atom. The highest BCUT2D eigenvalue weighted by Crippen LogP contribution is 2.24. The zero-order valence-corrected chi connectivity index (χ0v) is 10.2. The maximum atomic E-state index is 5.70. The Balaban J connectivity index is 2.24. The van der Waals surface area contributed by atoms with Gasteiger partial charge in [0.15, 0.2) is 0 Å². The van der Waals surface area contributed by atoms with Gasteiger partial charge in [-0.15, -0.1) is 0 Å². The van der Waals surface area contributed by atoms with Crippen LogP contribution in [0.15, 0.2) is 36.9 Å². The van der Waals surface area contributed by atoms with Gasteiger partial charge in [0, 0.05) is 43.8 Å². The summed E-state index contributed by atoms with van der Waals surface area (Å²) in [5.41, 5.74) is 8.89. The first kappa shape index (κ1) is 11.0. The number of nitrogens with two attached hydrogens (primary N) is 1. The van der Waals surface area contributed by atoms with Crippen LogP contribution in [0.2, 0.25) is 0 Å². The molecule has 18 heavy (non-hydrogen) atoms. The fourth-order valence-corrected chi connectivity index (χ4v) is 2.19. The van der Waals surface area contributed by atoms with E-state index in [2.05, 4.69) is 22.2 Å². The van der Waals surface area contributed by atoms with Crippen LogP contribution in [-0.4, -0.2) is 25.5 Å². The maximum absolute atomic E-state index is 5.70. The van der Waals surface area contributed by atoms with Gasteiger partial charge in [0.25, 0.3) is 0 Å². The van der Waals surface area contributed by atoms with E-state index in [0.717, 1.165) is 29.1 Å². The van der Waals surface area contributed by atoms with Crippen LogP contribution >= 0.6 is 0 Å². The molecule has 5 heteroatoms. The number of rotatable bonds is 3. The second-order valence-electron chi connectivity index (χ2n) is 4.30. The van der Waals surface area contributed by atoms with Crippen molar-refractivity contribution < 1.29 is 0 Å². The van der Waals surface area contributed by atoms with Crippen LogP contribution in [0.25, 0.3) is 17.0 Å². The minimum absolute atomic E-state index is 0.600. The van der Waals surface area contributed by atoms with Crippen molar-refractivity contribution in [2.24, 2.45) is 12.8 Å². The monoisotopic (exact) mass is 241 g/mol. The molecule has 3 rings (SSSR count). The molecular weight excluding hydrogens is 226 g/mol. The van der Waals surface area contributed by atoms with E-state index in [4.69, 9.17) is 5.73 Å². The zero-order valence-electron chi connectivity index (χ0n) is 10.2. The van der Waals surface area contributed by atoms with E-state index in [1.165, 1.54) is 0 Å². The van der Waals surface area contributed by atoms with Crippen molar-refractivity contribution in [1.82, 2.24) is 18.9 Å². The lowest BCUT2D eigenvalue weighted by molar-refractivity contribution is 0.900. The van der Waals surface area contributed by atoms with E-state index in [1.54, 1.807) is 6.20 Å². The summed E-state index contributed by atoms with van der Waals surface area (Å²) in [7, 11) is 2.00. The molecule has 0 bridgehead atoms. The molecule has 0 atom stereocenters. The molecule has 0 saturated heterocycles. The Kier molecular flexibility index (Phi) is 2.60. The van der Waals surface area contributed by atoms with Gasteiger partial charge in [0.1, 0.15) is 0 Å². The standard InChI is InChI=1S/C13H15N5/c1-17-8-4-10(9-17)12-11(3-5-14)18-7-2-6-15-13(18)16-12/h2,4,6-9H,3,5,14H2,1H3. The highest BCUT2D eigenvalue weighted by atomic mass is 15.1. The van der Waals surface area contributed by atoms with Crippen LogP contribution in [0, 0.1) is 0 Å². The molecule has 0 radical (unpaired) electrons. The van der Waals surface area contributed by atoms with Gasteiger partial charge in [-0.2, -0.15) is 0 Å². The van der Waals surface area contributed by atoms with Gasteiger partial charge in [0.2, 0.25) is 5.78 Å². The van der Waals surface area contributed by atoms with Crippen molar-refractivity contribution in [3.63, 3.8) is 0 Å². The van der Waals surface area contributed by atoms with E-state index in [-0.39, 0.29) is 0 Å². The summed E-state index contributed by atoms with van der Waals surface area (Å²) >= 11 is 0. The lowest BCUT2D eigenvalue weighted by atomic mass is 10.1. The van der Waals surface area contributed by atoms with Crippen LogP contribution < -0.4 is 5.73 Å². The summed E-state index contributed by atoms with van der Waals surface area (Å²) in [6, 6.07) is 3.96. The largest absolute Gasteiger partial charge is 0.357 e. The van der Waals surface area contributed by atoms with Crippen LogP contribution in [-0.2, 0) is 13.5 Å². The smallest absolute Gasteiger partial charge is 0.234 e. The first-order valence-electron chi connectivity index (χ1n) is 5.94. The summed E-state index contributed by atoms with van der Waals surface area (Å²) in [4.78, 5) is 8.88. The molecule has 0 spiro atoms. The summed E-state index contributed by atoms with van der Waals surface area (Å²) in [6.45, 7) is 0.600. The average molecular weight is 241 g/mol. The van der Waals surface area contributed by atoms with Gasteiger partial charge in [-0.25, -0.2) is 9.97 Å². The minimum Gasteiger partial charge on any atom is -0.357 e. The molecule has 5 nitrogen and oxygen atoms in total. The van der Waals surface area contributed by atoms with E-state index in [9.17, 15) is 0 Å². The third-order valence-electron chi connectivity index (χ3n) is 2.99. The Morgan fingerprint density at radius 3 is 2.94 bits per heavy atom. The molecule has 3 aromatic rings. The van der Waals surface area contributed by atoms with Crippen molar-refractivity contribution in [1.29, 1.82) is 0 Å². The van der Waals surface area contributed by atoms with Crippen molar-refractivity contribution in [2.75, 3.05) is 6.54 Å². The molecule has 3 aromatic heterocycles. The highest BCUT2D eigenvalue weighted by Gasteiger charge is 2.14. The number of hydrogen-bond donors (Lipinski definition) is 1. The van der Waals surface area contributed by atoms with Crippen LogP contribution in [0.3, 0.4) is 0 Å². The summed E-state index contributed by atoms with van der Waals surface area (Å²) in [6.07, 6.45) is 8.59. The number of imidazole rings is 1. The predicted octanol–water partition coefficient (Wildman–Crippen LogP) is 1.24. The number of aromatic nitrogens is 4. The number of fused-ring (bicyclic) bond motifs is 1. The van der Waals surface area contributed by atoms with E-state index in [1.807, 2.05) is 34.5 Å². The van der Waals surface area contributed by atoms with Gasteiger partial charge in [0.05, 0.1) is 11.4 Å². The van der Waals surface area contributed by atoms with E-state index in [0.29, 0.717) is 6.54 Å². The molecule has 0 amide bonds. The summed E-state index contributed by atoms with van der Waals surface area (Å²) in [5.74, 6) is 0.722. The van der Waals surface area contributed by atoms with Gasteiger partial charge in [-0.05, 0) is 18.7 Å². The molecule has 0 aliphatic carbocycles. The van der Waals surface area contributed by atoms with E-state index < -0.39 is 0 Å². The third-order valence-corrected chi connectivity index (χ3v) is 2.99. The Hall–Kier alpha value is -2.14. The first-order chi connectivity index (χ1) is 8.79. The van der Waals surface area contributed by atoms with Gasteiger partial charge in [-0.1, -0.05) is 0 Å². The van der Waals surface area contributed by atoms with Gasteiger partial charge in [-0.3, -0.25) is 4.40 Å². The number of nitrogens with zero attached hydrogens (tertiary/aromatic N) is 4. The molecule has 0 saturated carbocycles. The third kappa shape index (κ3) is 1.69. The quantitative estimate of drug-likeness (QED) is 0.750. The van der Waals surface area contributed by atoms with Gasteiger partial charge >= 0.3 is 0 Å². The van der Waals surface area contributed by atoms with Crippen molar-refractivity contribution in [2.45, 2.75) is 6.42 Å². The lowest BCUT2D eigenvalue weighted by Gasteiger charge is -2.01. The molecule has 0 aromatic carbocycles. The second-order valence-corrected chi connectivity index (χ2v) is 4.30. The van der Waals surface area contributed by atoms with Crippen LogP contribution in [0.1, 0.15) is 5.69 Å². The summed E-state index contributed by atoms with van der Waals surface area (Å²) in [5, 5.41) is 0. The lowest BCUT2D eigenvalue weighted by Crippen LogP contribution is -2.06. The topological polar surface area (TPSA) is 61.1 Å². The molecule has 3 heterocycles. The predicted molar refractivity (Wildman–Crippen MR) is 70.2 cm³/mol. The van der Waals surface area contributed by atoms with Crippen molar-refractivity contribution in [3.8, 4) is 11.3 Å². The molecular formula is C13H15N5. The van der Waals surface area contributed by atoms with Crippen molar-refractivity contribution in [3.05, 3.63) is 42.6 Å². The Morgan fingerprint density at radius 1 is 1.33 bits per heavy atom. The normalized spacial score (nSPS) is 11.2. The molecule has 0 aliphatic heterocycles. The Bertz CT molecular complexity index is 680. The maximum Gasteiger partial charge on any atom is 0.234 e. The SMILES string of the molecule is Cn1ccc(-c2nc3ncccn3c2CCN)c1. The first-order valence-corrected chi connectivity index (χ1v) is 5.94. The second kappa shape index (κ2) is 4.27. The molecule has 0 aliphatic rings. The van der Waals surface area contributed by atoms with Crippen LogP contribution in [0.5, 0.6) is 0 Å². The Labute approximate surface area is 105 Å². The highest BCUT2D eigenvalue weighted by molar-refractivity contribution is 5.65. The molecule has 0 unspecified atom stereocenters. The fourth-order valence-electron chi connectivity index (χ4n) is 2.19. The minimum atomic E-state index is 0.600. The molecule has 2 N–H and O–H groups in total. The van der Waals surface area contributed by atoms with Crippen LogP contribution in [0.4, 0.5) is 0 Å². The molecule has 92 valence electrons. The fraction of sp³-hybridized carbons (Fsp3) is 0.231. The van der Waals surface area contributed by atoms with E-state index >= 15 is 0 Å².